The molecule has 2 rings (SSSR count). The Bertz CT molecular complexity index is 409. The molecule has 1 aliphatic rings. The molecule has 0 amide bonds. The molecule has 20 heavy (non-hydrogen) atoms. The van der Waals surface area contributed by atoms with Crippen LogP contribution in [0.4, 0.5) is 0 Å². The molecule has 1 N–H and O–H groups in total. The van der Waals surface area contributed by atoms with Crippen LogP contribution < -0.4 is 5.32 Å². The third-order valence-electron chi connectivity index (χ3n) is 3.99. The summed E-state index contributed by atoms with van der Waals surface area (Å²) in [5.74, 6) is 2.16. The molecule has 1 aromatic rings. The van der Waals surface area contributed by atoms with Crippen LogP contribution in [0, 0.1) is 11.8 Å². The van der Waals surface area contributed by atoms with Gasteiger partial charge in [0.1, 0.15) is 0 Å². The zero-order valence-corrected chi connectivity index (χ0v) is 14.4. The molecule has 2 nitrogen and oxygen atoms in total. The van der Waals surface area contributed by atoms with Gasteiger partial charge in [0.15, 0.2) is 0 Å². The molecule has 0 aliphatic heterocycles. The second-order valence-electron chi connectivity index (χ2n) is 6.99. The fraction of sp³-hybridized carbons (Fsp3) is 0.824. The van der Waals surface area contributed by atoms with Gasteiger partial charge in [0.25, 0.3) is 0 Å². The van der Waals surface area contributed by atoms with Crippen molar-refractivity contribution in [3.05, 3.63) is 15.6 Å². The molecule has 0 radical (unpaired) electrons. The molecule has 0 saturated heterocycles. The molecule has 1 heterocycles. The van der Waals surface area contributed by atoms with Crippen LogP contribution in [-0.2, 0) is 12.8 Å². The first-order valence-electron chi connectivity index (χ1n) is 8.25. The molecule has 1 aromatic heterocycles. The van der Waals surface area contributed by atoms with Crippen LogP contribution in [0.15, 0.2) is 0 Å². The topological polar surface area (TPSA) is 24.9 Å². The predicted octanol–water partition coefficient (Wildman–Crippen LogP) is 4.40. The number of rotatable bonds is 7. The largest absolute Gasteiger partial charge is 0.316 e. The molecule has 0 saturated carbocycles. The minimum Gasteiger partial charge on any atom is -0.316 e. The Morgan fingerprint density at radius 1 is 1.25 bits per heavy atom. The highest BCUT2D eigenvalue weighted by Gasteiger charge is 2.24. The maximum Gasteiger partial charge on any atom is 0.0931 e. The summed E-state index contributed by atoms with van der Waals surface area (Å²) in [5, 5.41) is 4.99. The molecule has 3 heteroatoms. The van der Waals surface area contributed by atoms with Gasteiger partial charge in [0.2, 0.25) is 0 Å². The van der Waals surface area contributed by atoms with E-state index in [2.05, 4.69) is 33.0 Å². The maximum atomic E-state index is 4.98. The van der Waals surface area contributed by atoms with Gasteiger partial charge in [-0.3, -0.25) is 0 Å². The molecule has 1 unspecified atom stereocenters. The molecule has 1 atom stereocenters. The van der Waals surface area contributed by atoms with Gasteiger partial charge in [-0.25, -0.2) is 4.98 Å². The summed E-state index contributed by atoms with van der Waals surface area (Å²) in [4.78, 5) is 6.56. The third-order valence-corrected chi connectivity index (χ3v) is 5.18. The fourth-order valence-corrected chi connectivity index (χ4v) is 4.03. The van der Waals surface area contributed by atoms with Gasteiger partial charge >= 0.3 is 0 Å². The van der Waals surface area contributed by atoms with Crippen molar-refractivity contribution in [1.82, 2.24) is 10.3 Å². The standard InChI is InChI=1S/C17H30N2S/c1-12(2)8-9-16-19-17-14(11-18-10-13(3)4)6-5-7-15(17)20-16/h12-14,18H,5-11H2,1-4H3. The predicted molar refractivity (Wildman–Crippen MR) is 88.7 cm³/mol. The first kappa shape index (κ1) is 16.0. The van der Waals surface area contributed by atoms with Crippen molar-refractivity contribution in [2.75, 3.05) is 13.1 Å². The van der Waals surface area contributed by atoms with E-state index in [-0.39, 0.29) is 0 Å². The van der Waals surface area contributed by atoms with Crippen molar-refractivity contribution in [2.45, 2.75) is 65.7 Å². The minimum absolute atomic E-state index is 0.654. The number of aryl methyl sites for hydroxylation is 2. The Morgan fingerprint density at radius 2 is 2.05 bits per heavy atom. The van der Waals surface area contributed by atoms with E-state index in [0.717, 1.165) is 24.9 Å². The Hall–Kier alpha value is -0.410. The summed E-state index contributed by atoms with van der Waals surface area (Å²) in [7, 11) is 0. The number of hydrogen-bond donors (Lipinski definition) is 1. The summed E-state index contributed by atoms with van der Waals surface area (Å²) in [5.41, 5.74) is 1.43. The lowest BCUT2D eigenvalue weighted by molar-refractivity contribution is 0.472. The number of hydrogen-bond acceptors (Lipinski definition) is 3. The Labute approximate surface area is 128 Å². The lowest BCUT2D eigenvalue weighted by Gasteiger charge is -2.22. The molecule has 0 fully saturated rings. The smallest absolute Gasteiger partial charge is 0.0931 e. The fourth-order valence-electron chi connectivity index (χ4n) is 2.82. The van der Waals surface area contributed by atoms with Gasteiger partial charge in [0.05, 0.1) is 10.7 Å². The van der Waals surface area contributed by atoms with E-state index in [1.165, 1.54) is 42.8 Å². The average Bonchev–Trinajstić information content (AvgIpc) is 2.79. The van der Waals surface area contributed by atoms with Crippen LogP contribution in [-0.4, -0.2) is 18.1 Å². The summed E-state index contributed by atoms with van der Waals surface area (Å²) in [6, 6.07) is 0. The maximum absolute atomic E-state index is 4.98. The highest BCUT2D eigenvalue weighted by atomic mass is 32.1. The van der Waals surface area contributed by atoms with E-state index in [1.807, 2.05) is 11.3 Å². The molecule has 0 spiro atoms. The Morgan fingerprint density at radius 3 is 2.75 bits per heavy atom. The average molecular weight is 295 g/mol. The Kier molecular flexibility index (Phi) is 6.03. The van der Waals surface area contributed by atoms with Crippen molar-refractivity contribution in [3.63, 3.8) is 0 Å². The SMILES string of the molecule is CC(C)CCc1nc2c(s1)CCCC2CNCC(C)C. The van der Waals surface area contributed by atoms with Gasteiger partial charge < -0.3 is 5.32 Å². The lowest BCUT2D eigenvalue weighted by Crippen LogP contribution is -2.27. The number of thiazole rings is 1. The molecule has 0 aromatic carbocycles. The lowest BCUT2D eigenvalue weighted by atomic mass is 9.91. The van der Waals surface area contributed by atoms with Crippen molar-refractivity contribution in [3.8, 4) is 0 Å². The van der Waals surface area contributed by atoms with Crippen LogP contribution >= 0.6 is 11.3 Å². The van der Waals surface area contributed by atoms with Crippen molar-refractivity contribution in [2.24, 2.45) is 11.8 Å². The highest BCUT2D eigenvalue weighted by molar-refractivity contribution is 7.11. The first-order valence-corrected chi connectivity index (χ1v) is 9.07. The van der Waals surface area contributed by atoms with Gasteiger partial charge in [-0.1, -0.05) is 27.7 Å². The molecular weight excluding hydrogens is 264 g/mol. The minimum atomic E-state index is 0.654. The summed E-state index contributed by atoms with van der Waals surface area (Å²) < 4.78 is 0. The second kappa shape index (κ2) is 7.56. The van der Waals surface area contributed by atoms with E-state index in [9.17, 15) is 0 Å². The summed E-state index contributed by atoms with van der Waals surface area (Å²) in [6.07, 6.45) is 6.35. The van der Waals surface area contributed by atoms with Gasteiger partial charge in [-0.05, 0) is 50.5 Å². The second-order valence-corrected chi connectivity index (χ2v) is 8.16. The van der Waals surface area contributed by atoms with E-state index >= 15 is 0 Å². The van der Waals surface area contributed by atoms with Gasteiger partial charge in [-0.2, -0.15) is 0 Å². The van der Waals surface area contributed by atoms with Crippen molar-refractivity contribution in [1.29, 1.82) is 0 Å². The third kappa shape index (κ3) is 4.56. The van der Waals surface area contributed by atoms with Crippen molar-refractivity contribution >= 4 is 11.3 Å². The monoisotopic (exact) mass is 294 g/mol. The van der Waals surface area contributed by atoms with E-state index in [1.54, 1.807) is 4.88 Å². The van der Waals surface area contributed by atoms with E-state index in [4.69, 9.17) is 4.98 Å². The number of nitrogens with zero attached hydrogens (tertiary/aromatic N) is 1. The number of fused-ring (bicyclic) bond motifs is 1. The summed E-state index contributed by atoms with van der Waals surface area (Å²) >= 11 is 1.98. The highest BCUT2D eigenvalue weighted by Crippen LogP contribution is 2.35. The van der Waals surface area contributed by atoms with Crippen LogP contribution in [0.25, 0.3) is 0 Å². The van der Waals surface area contributed by atoms with Crippen LogP contribution in [0.5, 0.6) is 0 Å². The number of nitrogens with one attached hydrogen (secondary N) is 1. The zero-order chi connectivity index (χ0) is 14.5. The van der Waals surface area contributed by atoms with Gasteiger partial charge in [0, 0.05) is 17.3 Å². The van der Waals surface area contributed by atoms with Crippen LogP contribution in [0.2, 0.25) is 0 Å². The van der Waals surface area contributed by atoms with Crippen LogP contribution in [0.1, 0.15) is 68.5 Å². The van der Waals surface area contributed by atoms with Crippen LogP contribution in [0.3, 0.4) is 0 Å². The number of aromatic nitrogens is 1. The van der Waals surface area contributed by atoms with Gasteiger partial charge in [-0.15, -0.1) is 11.3 Å². The molecular formula is C17H30N2S. The van der Waals surface area contributed by atoms with E-state index in [0.29, 0.717) is 5.92 Å². The molecule has 114 valence electrons. The molecule has 0 bridgehead atoms. The quantitative estimate of drug-likeness (QED) is 0.806. The van der Waals surface area contributed by atoms with E-state index < -0.39 is 0 Å². The first-order chi connectivity index (χ1) is 9.56. The summed E-state index contributed by atoms with van der Waals surface area (Å²) in [6.45, 7) is 11.4. The van der Waals surface area contributed by atoms with Crippen molar-refractivity contribution < 1.29 is 0 Å². The molecule has 1 aliphatic carbocycles. The zero-order valence-electron chi connectivity index (χ0n) is 13.5. The Balaban J connectivity index is 1.95. The normalized spacial score (nSPS) is 18.8.